The second kappa shape index (κ2) is 5.81. The van der Waals surface area contributed by atoms with Gasteiger partial charge in [0.2, 0.25) is 5.91 Å². The van der Waals surface area contributed by atoms with Crippen LogP contribution in [0.5, 0.6) is 0 Å². The number of carbonyl (C=O) groups is 1. The van der Waals surface area contributed by atoms with Crippen LogP contribution in [0, 0.1) is 12.8 Å². The first-order valence-corrected chi connectivity index (χ1v) is 7.59. The Kier molecular flexibility index (Phi) is 3.88. The Hall–Kier alpha value is -1.95. The normalized spacial score (nSPS) is 13.8. The summed E-state index contributed by atoms with van der Waals surface area (Å²) < 4.78 is 1.04. The average Bonchev–Trinajstić information content (AvgIpc) is 3.28. The second-order valence-electron chi connectivity index (χ2n) is 5.15. The van der Waals surface area contributed by atoms with Gasteiger partial charge in [0.1, 0.15) is 0 Å². The van der Waals surface area contributed by atoms with Crippen molar-refractivity contribution in [1.82, 2.24) is 10.2 Å². The molecule has 0 bridgehead atoms. The minimum Gasteiger partial charge on any atom is -0.339 e. The summed E-state index contributed by atoms with van der Waals surface area (Å²) in [6, 6.07) is 9.53. The van der Waals surface area contributed by atoms with Crippen LogP contribution in [0.1, 0.15) is 18.4 Å². The topological polar surface area (TPSA) is 66.9 Å². The van der Waals surface area contributed by atoms with E-state index in [1.165, 1.54) is 0 Å². The van der Waals surface area contributed by atoms with Crippen LogP contribution in [0.15, 0.2) is 34.8 Å². The Bertz CT molecular complexity index is 668. The van der Waals surface area contributed by atoms with Crippen LogP contribution in [0.25, 0.3) is 0 Å². The number of hydrogen-bond donors (Lipinski definition) is 2. The minimum atomic E-state index is 0.0359. The monoisotopic (exact) mass is 346 g/mol. The smallest absolute Gasteiger partial charge is 0.228 e. The van der Waals surface area contributed by atoms with Gasteiger partial charge >= 0.3 is 0 Å². The van der Waals surface area contributed by atoms with E-state index in [-0.39, 0.29) is 11.8 Å². The minimum absolute atomic E-state index is 0.0359. The Morgan fingerprint density at radius 3 is 2.52 bits per heavy atom. The molecule has 2 N–H and O–H groups in total. The standard InChI is InChI=1S/C15H15BrN4O/c1-9-8-11(16)4-5-12(9)17-13-6-7-14(20-19-13)18-15(21)10-2-3-10/h4-8,10H,2-3H2,1H3,(H,17,19)(H,18,20,21). The van der Waals surface area contributed by atoms with Crippen LogP contribution in [0.4, 0.5) is 17.3 Å². The van der Waals surface area contributed by atoms with Crippen LogP contribution in [-0.4, -0.2) is 16.1 Å². The van der Waals surface area contributed by atoms with E-state index >= 15 is 0 Å². The van der Waals surface area contributed by atoms with Gasteiger partial charge in [0.05, 0.1) is 0 Å². The molecule has 1 aromatic heterocycles. The van der Waals surface area contributed by atoms with E-state index in [9.17, 15) is 4.79 Å². The molecule has 0 unspecified atom stereocenters. The molecule has 108 valence electrons. The lowest BCUT2D eigenvalue weighted by Crippen LogP contribution is -2.14. The molecule has 21 heavy (non-hydrogen) atoms. The number of halogens is 1. The highest BCUT2D eigenvalue weighted by Crippen LogP contribution is 2.30. The van der Waals surface area contributed by atoms with E-state index < -0.39 is 0 Å². The van der Waals surface area contributed by atoms with Crippen LogP contribution < -0.4 is 10.6 Å². The van der Waals surface area contributed by atoms with Crippen LogP contribution in [0.2, 0.25) is 0 Å². The number of amides is 1. The van der Waals surface area contributed by atoms with Gasteiger partial charge in [0, 0.05) is 16.1 Å². The fraction of sp³-hybridized carbons (Fsp3) is 0.267. The van der Waals surface area contributed by atoms with Gasteiger partial charge in [-0.2, -0.15) is 0 Å². The van der Waals surface area contributed by atoms with Gasteiger partial charge in [-0.25, -0.2) is 0 Å². The molecule has 0 atom stereocenters. The highest BCUT2D eigenvalue weighted by molar-refractivity contribution is 9.10. The fourth-order valence-electron chi connectivity index (χ4n) is 1.94. The number of nitrogens with one attached hydrogen (secondary N) is 2. The van der Waals surface area contributed by atoms with Gasteiger partial charge in [-0.05, 0) is 55.7 Å². The number of hydrogen-bond acceptors (Lipinski definition) is 4. The molecular weight excluding hydrogens is 332 g/mol. The molecule has 1 aromatic carbocycles. The molecule has 1 heterocycles. The van der Waals surface area contributed by atoms with E-state index in [4.69, 9.17) is 0 Å². The number of anilines is 3. The molecule has 6 heteroatoms. The van der Waals surface area contributed by atoms with Crippen molar-refractivity contribution in [3.05, 3.63) is 40.4 Å². The predicted octanol–water partition coefficient (Wildman–Crippen LogP) is 3.64. The molecule has 0 saturated heterocycles. The zero-order chi connectivity index (χ0) is 14.8. The molecule has 1 aliphatic rings. The maximum atomic E-state index is 11.6. The molecule has 1 amide bonds. The van der Waals surface area contributed by atoms with Gasteiger partial charge in [0.25, 0.3) is 0 Å². The number of carbonyl (C=O) groups excluding carboxylic acids is 1. The highest BCUT2D eigenvalue weighted by Gasteiger charge is 2.29. The third-order valence-electron chi connectivity index (χ3n) is 3.32. The first-order chi connectivity index (χ1) is 10.1. The maximum Gasteiger partial charge on any atom is 0.228 e. The van der Waals surface area contributed by atoms with E-state index in [2.05, 4.69) is 36.8 Å². The first-order valence-electron chi connectivity index (χ1n) is 6.79. The van der Waals surface area contributed by atoms with E-state index in [0.29, 0.717) is 11.6 Å². The highest BCUT2D eigenvalue weighted by atomic mass is 79.9. The van der Waals surface area contributed by atoms with Crippen molar-refractivity contribution < 1.29 is 4.79 Å². The largest absolute Gasteiger partial charge is 0.339 e. The predicted molar refractivity (Wildman–Crippen MR) is 85.5 cm³/mol. The van der Waals surface area contributed by atoms with Gasteiger partial charge in [-0.15, -0.1) is 10.2 Å². The third kappa shape index (κ3) is 3.58. The Morgan fingerprint density at radius 2 is 1.90 bits per heavy atom. The molecule has 1 fully saturated rings. The molecule has 3 rings (SSSR count). The lowest BCUT2D eigenvalue weighted by atomic mass is 10.2. The van der Waals surface area contributed by atoms with Gasteiger partial charge in [0.15, 0.2) is 11.6 Å². The summed E-state index contributed by atoms with van der Waals surface area (Å²) in [4.78, 5) is 11.6. The summed E-state index contributed by atoms with van der Waals surface area (Å²) in [5.74, 6) is 1.33. The Morgan fingerprint density at radius 1 is 1.19 bits per heavy atom. The molecule has 0 spiro atoms. The second-order valence-corrected chi connectivity index (χ2v) is 6.07. The average molecular weight is 347 g/mol. The summed E-state index contributed by atoms with van der Waals surface area (Å²) in [6.45, 7) is 2.02. The van der Waals surface area contributed by atoms with E-state index in [0.717, 1.165) is 28.6 Å². The van der Waals surface area contributed by atoms with Crippen molar-refractivity contribution in [2.24, 2.45) is 5.92 Å². The number of benzene rings is 1. The molecule has 0 aliphatic heterocycles. The summed E-state index contributed by atoms with van der Waals surface area (Å²) in [5.41, 5.74) is 2.08. The van der Waals surface area contributed by atoms with Crippen LogP contribution in [-0.2, 0) is 4.79 Å². The molecule has 1 aliphatic carbocycles. The number of aromatic nitrogens is 2. The zero-order valence-electron chi connectivity index (χ0n) is 11.6. The van der Waals surface area contributed by atoms with Gasteiger partial charge < -0.3 is 10.6 Å². The van der Waals surface area contributed by atoms with Crippen LogP contribution >= 0.6 is 15.9 Å². The Balaban J connectivity index is 1.67. The summed E-state index contributed by atoms with van der Waals surface area (Å²) in [7, 11) is 0. The van der Waals surface area contributed by atoms with Gasteiger partial charge in [-0.1, -0.05) is 15.9 Å². The van der Waals surface area contributed by atoms with Crippen LogP contribution in [0.3, 0.4) is 0 Å². The van der Waals surface area contributed by atoms with Crippen molar-refractivity contribution in [3.63, 3.8) is 0 Å². The third-order valence-corrected chi connectivity index (χ3v) is 3.81. The number of rotatable bonds is 4. The SMILES string of the molecule is Cc1cc(Br)ccc1Nc1ccc(NC(=O)C2CC2)nn1. The van der Waals surface area contributed by atoms with Gasteiger partial charge in [-0.3, -0.25) is 4.79 Å². The summed E-state index contributed by atoms with van der Waals surface area (Å²) in [6.07, 6.45) is 1.95. The van der Waals surface area contributed by atoms with Crippen molar-refractivity contribution in [1.29, 1.82) is 0 Å². The Labute approximate surface area is 131 Å². The molecule has 1 saturated carbocycles. The number of nitrogens with zero attached hydrogens (tertiary/aromatic N) is 2. The van der Waals surface area contributed by atoms with Crippen molar-refractivity contribution >= 4 is 39.2 Å². The van der Waals surface area contributed by atoms with Crippen molar-refractivity contribution in [2.75, 3.05) is 10.6 Å². The molecule has 0 radical (unpaired) electrons. The maximum absolute atomic E-state index is 11.6. The summed E-state index contributed by atoms with van der Waals surface area (Å²) >= 11 is 3.43. The number of aryl methyl sites for hydroxylation is 1. The fourth-order valence-corrected chi connectivity index (χ4v) is 2.42. The molecular formula is C15H15BrN4O. The first kappa shape index (κ1) is 14.0. The van der Waals surface area contributed by atoms with Crippen molar-refractivity contribution in [2.45, 2.75) is 19.8 Å². The lowest BCUT2D eigenvalue weighted by Gasteiger charge is -2.09. The quantitative estimate of drug-likeness (QED) is 0.886. The zero-order valence-corrected chi connectivity index (χ0v) is 13.1. The summed E-state index contributed by atoms with van der Waals surface area (Å²) in [5, 5.41) is 14.1. The molecule has 2 aromatic rings. The van der Waals surface area contributed by atoms with E-state index in [1.807, 2.05) is 25.1 Å². The van der Waals surface area contributed by atoms with E-state index in [1.54, 1.807) is 12.1 Å². The lowest BCUT2D eigenvalue weighted by molar-refractivity contribution is -0.117. The molecule has 5 nitrogen and oxygen atoms in total. The van der Waals surface area contributed by atoms with Crippen molar-refractivity contribution in [3.8, 4) is 0 Å².